The SMILES string of the molecule is Cc1nc(NCC2CCN(C)C2)ncc1C(=O)O. The maximum Gasteiger partial charge on any atom is 0.339 e. The number of anilines is 1. The normalized spacial score (nSPS) is 20.0. The monoisotopic (exact) mass is 250 g/mol. The lowest BCUT2D eigenvalue weighted by atomic mass is 10.1. The number of aromatic carboxylic acids is 1. The number of carbonyl (C=O) groups is 1. The Morgan fingerprint density at radius 2 is 2.44 bits per heavy atom. The summed E-state index contributed by atoms with van der Waals surface area (Å²) in [6.45, 7) is 4.72. The largest absolute Gasteiger partial charge is 0.478 e. The zero-order valence-corrected chi connectivity index (χ0v) is 10.7. The van der Waals surface area contributed by atoms with Crippen molar-refractivity contribution in [2.24, 2.45) is 5.92 Å². The van der Waals surface area contributed by atoms with Gasteiger partial charge in [0.1, 0.15) is 0 Å². The molecule has 6 nitrogen and oxygen atoms in total. The third-order valence-corrected chi connectivity index (χ3v) is 3.25. The lowest BCUT2D eigenvalue weighted by Crippen LogP contribution is -2.20. The van der Waals surface area contributed by atoms with Crippen LogP contribution < -0.4 is 5.32 Å². The van der Waals surface area contributed by atoms with E-state index >= 15 is 0 Å². The van der Waals surface area contributed by atoms with E-state index in [2.05, 4.69) is 27.2 Å². The van der Waals surface area contributed by atoms with Crippen molar-refractivity contribution in [3.63, 3.8) is 0 Å². The topological polar surface area (TPSA) is 78.4 Å². The minimum Gasteiger partial charge on any atom is -0.478 e. The lowest BCUT2D eigenvalue weighted by Gasteiger charge is -2.12. The number of aromatic nitrogens is 2. The number of carboxylic acids is 1. The number of likely N-dealkylation sites (tertiary alicyclic amines) is 1. The van der Waals surface area contributed by atoms with Gasteiger partial charge in [0.25, 0.3) is 0 Å². The summed E-state index contributed by atoms with van der Waals surface area (Å²) in [5.41, 5.74) is 0.643. The van der Waals surface area contributed by atoms with E-state index in [9.17, 15) is 4.79 Å². The number of carboxylic acid groups (broad SMARTS) is 1. The summed E-state index contributed by atoms with van der Waals surface area (Å²) in [7, 11) is 2.11. The van der Waals surface area contributed by atoms with E-state index < -0.39 is 5.97 Å². The van der Waals surface area contributed by atoms with Crippen molar-refractivity contribution in [1.82, 2.24) is 14.9 Å². The van der Waals surface area contributed by atoms with Crippen molar-refractivity contribution >= 4 is 11.9 Å². The Kier molecular flexibility index (Phi) is 3.76. The Morgan fingerprint density at radius 1 is 1.67 bits per heavy atom. The average molecular weight is 250 g/mol. The summed E-state index contributed by atoms with van der Waals surface area (Å²) in [5, 5.41) is 12.1. The summed E-state index contributed by atoms with van der Waals surface area (Å²) in [4.78, 5) is 21.3. The van der Waals surface area contributed by atoms with Crippen molar-refractivity contribution in [3.8, 4) is 0 Å². The van der Waals surface area contributed by atoms with Gasteiger partial charge in [0, 0.05) is 19.3 Å². The van der Waals surface area contributed by atoms with E-state index in [4.69, 9.17) is 5.11 Å². The van der Waals surface area contributed by atoms with E-state index in [0.29, 0.717) is 17.6 Å². The molecule has 0 amide bonds. The second-order valence-electron chi connectivity index (χ2n) is 4.80. The van der Waals surface area contributed by atoms with Crippen molar-refractivity contribution in [2.75, 3.05) is 32.0 Å². The van der Waals surface area contributed by atoms with Crippen LogP contribution >= 0.6 is 0 Å². The summed E-state index contributed by atoms with van der Waals surface area (Å²) in [6.07, 6.45) is 2.53. The number of aryl methyl sites for hydroxylation is 1. The summed E-state index contributed by atoms with van der Waals surface area (Å²) in [5.74, 6) is 0.126. The summed E-state index contributed by atoms with van der Waals surface area (Å²) >= 11 is 0. The van der Waals surface area contributed by atoms with Crippen molar-refractivity contribution < 1.29 is 9.90 Å². The molecule has 2 N–H and O–H groups in total. The number of hydrogen-bond acceptors (Lipinski definition) is 5. The van der Waals surface area contributed by atoms with Gasteiger partial charge in [0.05, 0.1) is 11.3 Å². The third kappa shape index (κ3) is 2.95. The van der Waals surface area contributed by atoms with Gasteiger partial charge in [-0.15, -0.1) is 0 Å². The van der Waals surface area contributed by atoms with Gasteiger partial charge in [-0.25, -0.2) is 14.8 Å². The standard InChI is InChI=1S/C12H18N4O2/c1-8-10(11(17)18)6-14-12(15-8)13-5-9-3-4-16(2)7-9/h6,9H,3-5,7H2,1-2H3,(H,17,18)(H,13,14,15). The van der Waals surface area contributed by atoms with Gasteiger partial charge in [0.2, 0.25) is 5.95 Å². The van der Waals surface area contributed by atoms with Crippen LogP contribution in [-0.4, -0.2) is 52.6 Å². The lowest BCUT2D eigenvalue weighted by molar-refractivity contribution is 0.0695. The van der Waals surface area contributed by atoms with Crippen LogP contribution in [0.1, 0.15) is 22.5 Å². The van der Waals surface area contributed by atoms with E-state index in [0.717, 1.165) is 19.6 Å². The van der Waals surface area contributed by atoms with Crippen molar-refractivity contribution in [2.45, 2.75) is 13.3 Å². The zero-order chi connectivity index (χ0) is 13.1. The quantitative estimate of drug-likeness (QED) is 0.824. The molecule has 18 heavy (non-hydrogen) atoms. The van der Waals surface area contributed by atoms with Crippen LogP contribution in [0.3, 0.4) is 0 Å². The number of hydrogen-bond donors (Lipinski definition) is 2. The highest BCUT2D eigenvalue weighted by molar-refractivity contribution is 5.88. The summed E-state index contributed by atoms with van der Waals surface area (Å²) < 4.78 is 0. The predicted octanol–water partition coefficient (Wildman–Crippen LogP) is 0.847. The van der Waals surface area contributed by atoms with E-state index in [1.807, 2.05) is 0 Å². The van der Waals surface area contributed by atoms with Crippen LogP contribution in [-0.2, 0) is 0 Å². The molecule has 1 atom stereocenters. The first-order chi connectivity index (χ1) is 8.56. The number of rotatable bonds is 4. The Balaban J connectivity index is 1.94. The molecule has 1 unspecified atom stereocenters. The molecule has 0 spiro atoms. The summed E-state index contributed by atoms with van der Waals surface area (Å²) in [6, 6.07) is 0. The van der Waals surface area contributed by atoms with Crippen LogP contribution in [0.15, 0.2) is 6.20 Å². The molecule has 1 aromatic rings. The third-order valence-electron chi connectivity index (χ3n) is 3.25. The van der Waals surface area contributed by atoms with Gasteiger partial charge in [-0.1, -0.05) is 0 Å². The molecule has 1 aliphatic rings. The van der Waals surface area contributed by atoms with Crippen LogP contribution in [0, 0.1) is 12.8 Å². The van der Waals surface area contributed by atoms with Crippen LogP contribution in [0.4, 0.5) is 5.95 Å². The van der Waals surface area contributed by atoms with Gasteiger partial charge in [0.15, 0.2) is 0 Å². The molecule has 6 heteroatoms. The molecule has 1 aromatic heterocycles. The molecular weight excluding hydrogens is 232 g/mol. The van der Waals surface area contributed by atoms with Crippen LogP contribution in [0.25, 0.3) is 0 Å². The van der Waals surface area contributed by atoms with Gasteiger partial charge in [-0.3, -0.25) is 0 Å². The molecule has 2 rings (SSSR count). The smallest absolute Gasteiger partial charge is 0.339 e. The van der Waals surface area contributed by atoms with Gasteiger partial charge in [-0.2, -0.15) is 0 Å². The predicted molar refractivity (Wildman–Crippen MR) is 67.8 cm³/mol. The van der Waals surface area contributed by atoms with E-state index in [1.165, 1.54) is 12.6 Å². The fraction of sp³-hybridized carbons (Fsp3) is 0.583. The number of nitrogens with one attached hydrogen (secondary N) is 1. The fourth-order valence-corrected chi connectivity index (χ4v) is 2.19. The molecule has 1 fully saturated rings. The Labute approximate surface area is 106 Å². The highest BCUT2D eigenvalue weighted by atomic mass is 16.4. The molecule has 2 heterocycles. The molecule has 0 bridgehead atoms. The van der Waals surface area contributed by atoms with E-state index in [1.54, 1.807) is 6.92 Å². The molecule has 1 saturated heterocycles. The minimum atomic E-state index is -0.989. The molecule has 0 saturated carbocycles. The maximum atomic E-state index is 10.8. The van der Waals surface area contributed by atoms with Crippen molar-refractivity contribution in [1.29, 1.82) is 0 Å². The fourth-order valence-electron chi connectivity index (χ4n) is 2.19. The minimum absolute atomic E-state index is 0.154. The highest BCUT2D eigenvalue weighted by Crippen LogP contribution is 2.15. The highest BCUT2D eigenvalue weighted by Gasteiger charge is 2.19. The Bertz CT molecular complexity index is 450. The first-order valence-corrected chi connectivity index (χ1v) is 6.05. The Hall–Kier alpha value is -1.69. The second kappa shape index (κ2) is 5.30. The maximum absolute atomic E-state index is 10.8. The molecule has 1 aliphatic heterocycles. The van der Waals surface area contributed by atoms with Crippen LogP contribution in [0.2, 0.25) is 0 Å². The van der Waals surface area contributed by atoms with E-state index in [-0.39, 0.29) is 5.56 Å². The average Bonchev–Trinajstić information content (AvgIpc) is 2.72. The molecule has 0 radical (unpaired) electrons. The first-order valence-electron chi connectivity index (χ1n) is 6.05. The van der Waals surface area contributed by atoms with Gasteiger partial charge >= 0.3 is 5.97 Å². The molecule has 0 aromatic carbocycles. The van der Waals surface area contributed by atoms with Gasteiger partial charge in [-0.05, 0) is 32.9 Å². The first kappa shape index (κ1) is 12.8. The molecular formula is C12H18N4O2. The van der Waals surface area contributed by atoms with Gasteiger partial charge < -0.3 is 15.3 Å². The number of nitrogens with zero attached hydrogens (tertiary/aromatic N) is 3. The van der Waals surface area contributed by atoms with Crippen molar-refractivity contribution in [3.05, 3.63) is 17.5 Å². The second-order valence-corrected chi connectivity index (χ2v) is 4.80. The van der Waals surface area contributed by atoms with Crippen LogP contribution in [0.5, 0.6) is 0 Å². The Morgan fingerprint density at radius 3 is 3.00 bits per heavy atom. The zero-order valence-electron chi connectivity index (χ0n) is 10.7. The molecule has 0 aliphatic carbocycles. The molecule has 98 valence electrons.